The maximum atomic E-state index is 13.3. The van der Waals surface area contributed by atoms with E-state index in [-0.39, 0.29) is 49.2 Å². The number of unbranched alkanes of at least 4 members (excludes halogenated alkanes) is 1. The fourth-order valence-electron chi connectivity index (χ4n) is 3.99. The molecule has 0 spiro atoms. The van der Waals surface area contributed by atoms with Crippen molar-refractivity contribution in [2.24, 2.45) is 11.5 Å². The average Bonchev–Trinajstić information content (AvgIpc) is 2.82. The molecule has 1 aliphatic rings. The minimum absolute atomic E-state index is 0. The molecular formula is C24H36Cl3F3N4O3. The van der Waals surface area contributed by atoms with Gasteiger partial charge in [0.15, 0.2) is 0 Å². The molecule has 1 unspecified atom stereocenters. The van der Waals surface area contributed by atoms with E-state index in [0.29, 0.717) is 12.6 Å². The van der Waals surface area contributed by atoms with Crippen LogP contribution in [0.3, 0.4) is 0 Å². The number of carboxylic acid groups (broad SMARTS) is 1. The monoisotopic (exact) mass is 590 g/mol. The number of fused-ring (bicyclic) bond motifs is 1. The van der Waals surface area contributed by atoms with Crippen molar-refractivity contribution in [3.63, 3.8) is 0 Å². The number of carboxylic acids is 1. The van der Waals surface area contributed by atoms with Crippen LogP contribution in [0.25, 0.3) is 10.8 Å². The number of nitrogens with two attached hydrogens (primary N) is 2. The van der Waals surface area contributed by atoms with Crippen LogP contribution in [0.4, 0.5) is 13.2 Å². The number of aliphatic carboxylic acids is 1. The largest absolute Gasteiger partial charge is 0.490 e. The van der Waals surface area contributed by atoms with Crippen molar-refractivity contribution in [3.8, 4) is 0 Å². The molecule has 1 aliphatic heterocycles. The van der Waals surface area contributed by atoms with Crippen molar-refractivity contribution in [3.05, 3.63) is 48.0 Å². The summed E-state index contributed by atoms with van der Waals surface area (Å²) in [7, 11) is 0. The van der Waals surface area contributed by atoms with Gasteiger partial charge in [-0.25, -0.2) is 4.79 Å². The van der Waals surface area contributed by atoms with E-state index in [1.165, 1.54) is 0 Å². The molecule has 0 aliphatic carbocycles. The minimum Gasteiger partial charge on any atom is -0.475 e. The van der Waals surface area contributed by atoms with Gasteiger partial charge in [0, 0.05) is 50.4 Å². The van der Waals surface area contributed by atoms with E-state index in [9.17, 15) is 18.0 Å². The maximum Gasteiger partial charge on any atom is 0.490 e. The van der Waals surface area contributed by atoms with E-state index in [1.807, 2.05) is 35.2 Å². The van der Waals surface area contributed by atoms with Crippen LogP contribution in [0, 0.1) is 0 Å². The number of nitrogens with zero attached hydrogens (tertiary/aromatic N) is 2. The van der Waals surface area contributed by atoms with Crippen molar-refractivity contribution in [2.45, 2.75) is 44.4 Å². The number of piperazine rings is 1. The molecule has 212 valence electrons. The standard InChI is InChI=1S/C22H32N4O.C2HF3O2.3ClH/c1-2-3-9-19-16-26(13-12-25(19)15-18(24)14-23)22(27)21-11-6-8-17-7-4-5-10-20(17)21;3-2(4,5)1(6)7;;;/h4-8,10-11,18-19H,2-3,9,12-16,23-24H2,1H3;(H,6,7);3*1H/t18?,19-;;;;/m0..../s1. The number of alkyl halides is 3. The first-order valence-corrected chi connectivity index (χ1v) is 11.3. The van der Waals surface area contributed by atoms with Crippen LogP contribution < -0.4 is 11.5 Å². The van der Waals surface area contributed by atoms with Gasteiger partial charge in [-0.1, -0.05) is 56.2 Å². The Hall–Kier alpha value is -1.82. The van der Waals surface area contributed by atoms with Crippen molar-refractivity contribution >= 4 is 59.9 Å². The Balaban J connectivity index is 0. The van der Waals surface area contributed by atoms with Crippen LogP contribution in [0.2, 0.25) is 0 Å². The molecular weight excluding hydrogens is 556 g/mol. The molecule has 37 heavy (non-hydrogen) atoms. The Morgan fingerprint density at radius 1 is 1.08 bits per heavy atom. The van der Waals surface area contributed by atoms with Crippen LogP contribution >= 0.6 is 37.2 Å². The average molecular weight is 592 g/mol. The lowest BCUT2D eigenvalue weighted by Crippen LogP contribution is -2.57. The predicted molar refractivity (Wildman–Crippen MR) is 147 cm³/mol. The third-order valence-corrected chi connectivity index (χ3v) is 5.82. The van der Waals surface area contributed by atoms with Gasteiger partial charge in [-0.15, -0.1) is 37.2 Å². The summed E-state index contributed by atoms with van der Waals surface area (Å²) in [5.74, 6) is -2.62. The first kappa shape index (κ1) is 37.3. The Kier molecular flexibility index (Phi) is 17.8. The van der Waals surface area contributed by atoms with E-state index in [4.69, 9.17) is 21.4 Å². The molecule has 5 N–H and O–H groups in total. The molecule has 3 rings (SSSR count). The van der Waals surface area contributed by atoms with Gasteiger partial charge in [-0.2, -0.15) is 13.2 Å². The Morgan fingerprint density at radius 2 is 1.68 bits per heavy atom. The molecule has 13 heteroatoms. The van der Waals surface area contributed by atoms with Crippen LogP contribution in [-0.4, -0.2) is 77.8 Å². The lowest BCUT2D eigenvalue weighted by Gasteiger charge is -2.42. The molecule has 0 bridgehead atoms. The third kappa shape index (κ3) is 11.2. The molecule has 2 atom stereocenters. The van der Waals surface area contributed by atoms with Crippen LogP contribution in [0.1, 0.15) is 36.5 Å². The van der Waals surface area contributed by atoms with Crippen molar-refractivity contribution in [2.75, 3.05) is 32.7 Å². The lowest BCUT2D eigenvalue weighted by atomic mass is 10.0. The van der Waals surface area contributed by atoms with Crippen LogP contribution in [-0.2, 0) is 4.79 Å². The first-order valence-electron chi connectivity index (χ1n) is 11.3. The maximum absolute atomic E-state index is 13.3. The SMILES string of the molecule is CCCC[C@H]1CN(C(=O)c2cccc3ccccc23)CCN1CC(N)CN.Cl.Cl.Cl.O=C(O)C(F)(F)F. The second kappa shape index (κ2) is 17.6. The van der Waals surface area contributed by atoms with E-state index in [0.717, 1.165) is 61.8 Å². The summed E-state index contributed by atoms with van der Waals surface area (Å²) >= 11 is 0. The van der Waals surface area contributed by atoms with Gasteiger partial charge in [0.1, 0.15) is 0 Å². The van der Waals surface area contributed by atoms with Crippen LogP contribution in [0.15, 0.2) is 42.5 Å². The zero-order valence-electron chi connectivity index (χ0n) is 20.5. The van der Waals surface area contributed by atoms with Crippen LogP contribution in [0.5, 0.6) is 0 Å². The molecule has 7 nitrogen and oxygen atoms in total. The number of hydrogen-bond acceptors (Lipinski definition) is 5. The number of hydrogen-bond donors (Lipinski definition) is 3. The zero-order chi connectivity index (χ0) is 25.3. The van der Waals surface area contributed by atoms with E-state index in [1.54, 1.807) is 0 Å². The zero-order valence-corrected chi connectivity index (χ0v) is 23.0. The number of amides is 1. The first-order chi connectivity index (χ1) is 16.1. The van der Waals surface area contributed by atoms with Crippen molar-refractivity contribution in [1.82, 2.24) is 9.80 Å². The highest BCUT2D eigenvalue weighted by molar-refractivity contribution is 6.07. The second-order valence-corrected chi connectivity index (χ2v) is 8.37. The van der Waals surface area contributed by atoms with Gasteiger partial charge in [-0.3, -0.25) is 9.69 Å². The van der Waals surface area contributed by atoms with Gasteiger partial charge in [0.05, 0.1) is 0 Å². The third-order valence-electron chi connectivity index (χ3n) is 5.82. The molecule has 0 saturated carbocycles. The summed E-state index contributed by atoms with van der Waals surface area (Å²) in [6.07, 6.45) is -1.67. The molecule has 0 aromatic heterocycles. The lowest BCUT2D eigenvalue weighted by molar-refractivity contribution is -0.192. The fraction of sp³-hybridized carbons (Fsp3) is 0.500. The van der Waals surface area contributed by atoms with Gasteiger partial charge >= 0.3 is 12.1 Å². The highest BCUT2D eigenvalue weighted by Crippen LogP contribution is 2.23. The summed E-state index contributed by atoms with van der Waals surface area (Å²) in [5, 5.41) is 9.26. The molecule has 2 aromatic carbocycles. The predicted octanol–water partition coefficient (Wildman–Crippen LogP) is 4.34. The Morgan fingerprint density at radius 3 is 2.24 bits per heavy atom. The van der Waals surface area contributed by atoms with Gasteiger partial charge in [-0.05, 0) is 23.3 Å². The molecule has 1 heterocycles. The molecule has 0 radical (unpaired) electrons. The summed E-state index contributed by atoms with van der Waals surface area (Å²) in [5.41, 5.74) is 12.6. The summed E-state index contributed by atoms with van der Waals surface area (Å²) in [6, 6.07) is 14.4. The topological polar surface area (TPSA) is 113 Å². The smallest absolute Gasteiger partial charge is 0.475 e. The number of rotatable bonds is 7. The summed E-state index contributed by atoms with van der Waals surface area (Å²) in [6.45, 7) is 5.87. The van der Waals surface area contributed by atoms with E-state index < -0.39 is 12.1 Å². The summed E-state index contributed by atoms with van der Waals surface area (Å²) in [4.78, 5) is 26.6. The van der Waals surface area contributed by atoms with Gasteiger partial charge < -0.3 is 21.5 Å². The number of benzene rings is 2. The fourth-order valence-corrected chi connectivity index (χ4v) is 3.99. The molecule has 1 saturated heterocycles. The minimum atomic E-state index is -5.08. The molecule has 2 aromatic rings. The normalized spacial score (nSPS) is 16.3. The highest BCUT2D eigenvalue weighted by Gasteiger charge is 2.38. The Labute approximate surface area is 233 Å². The van der Waals surface area contributed by atoms with Gasteiger partial charge in [0.2, 0.25) is 0 Å². The molecule has 1 amide bonds. The second-order valence-electron chi connectivity index (χ2n) is 8.37. The molecule has 1 fully saturated rings. The Bertz CT molecular complexity index is 964. The number of carbonyl (C=O) groups excluding carboxylic acids is 1. The van der Waals surface area contributed by atoms with E-state index in [2.05, 4.69) is 24.0 Å². The number of halogens is 6. The summed E-state index contributed by atoms with van der Waals surface area (Å²) < 4.78 is 31.7. The van der Waals surface area contributed by atoms with Crippen molar-refractivity contribution in [1.29, 1.82) is 0 Å². The quantitative estimate of drug-likeness (QED) is 0.442. The number of carbonyl (C=O) groups is 2. The van der Waals surface area contributed by atoms with E-state index >= 15 is 0 Å². The van der Waals surface area contributed by atoms with Gasteiger partial charge in [0.25, 0.3) is 5.91 Å². The highest BCUT2D eigenvalue weighted by atomic mass is 35.5. The van der Waals surface area contributed by atoms with Crippen molar-refractivity contribution < 1.29 is 27.9 Å².